The molecule has 0 aliphatic carbocycles. The highest BCUT2D eigenvalue weighted by Gasteiger charge is 2.15. The van der Waals surface area contributed by atoms with E-state index in [9.17, 15) is 0 Å². The van der Waals surface area contributed by atoms with Crippen molar-refractivity contribution in [1.82, 2.24) is 4.98 Å². The predicted octanol–water partition coefficient (Wildman–Crippen LogP) is 2.47. The van der Waals surface area contributed by atoms with Crippen LogP contribution in [-0.2, 0) is 6.42 Å². The van der Waals surface area contributed by atoms with Crippen molar-refractivity contribution in [2.75, 3.05) is 13.7 Å². The molecule has 0 unspecified atom stereocenters. The van der Waals surface area contributed by atoms with Crippen LogP contribution in [-0.4, -0.2) is 18.6 Å². The zero-order valence-electron chi connectivity index (χ0n) is 11.0. The molecule has 0 radical (unpaired) electrons. The molecular weight excluding hydrogens is 228 g/mol. The topological polar surface area (TPSA) is 61.3 Å². The summed E-state index contributed by atoms with van der Waals surface area (Å²) in [6.07, 6.45) is 2.37. The maximum absolute atomic E-state index is 5.52. The lowest BCUT2D eigenvalue weighted by molar-refractivity contribution is 0.413. The Morgan fingerprint density at radius 1 is 1.33 bits per heavy atom. The lowest BCUT2D eigenvalue weighted by Gasteiger charge is -2.09. The first kappa shape index (κ1) is 12.6. The first-order valence-electron chi connectivity index (χ1n) is 5.95. The third-order valence-corrected chi connectivity index (χ3v) is 2.83. The van der Waals surface area contributed by atoms with Crippen molar-refractivity contribution in [1.29, 1.82) is 0 Å². The zero-order chi connectivity index (χ0) is 13.1. The van der Waals surface area contributed by atoms with Gasteiger partial charge >= 0.3 is 0 Å². The molecule has 0 saturated heterocycles. The molecule has 1 aromatic heterocycles. The molecule has 96 valence electrons. The summed E-state index contributed by atoms with van der Waals surface area (Å²) in [6, 6.07) is 4.07. The molecule has 0 atom stereocenters. The van der Waals surface area contributed by atoms with Gasteiger partial charge in [-0.05, 0) is 37.6 Å². The van der Waals surface area contributed by atoms with Crippen LogP contribution >= 0.6 is 0 Å². The number of hydrogen-bond acceptors (Lipinski definition) is 4. The van der Waals surface area contributed by atoms with Gasteiger partial charge in [0.1, 0.15) is 12.0 Å². The third kappa shape index (κ3) is 2.38. The van der Waals surface area contributed by atoms with Crippen molar-refractivity contribution in [2.24, 2.45) is 5.73 Å². The van der Waals surface area contributed by atoms with Gasteiger partial charge in [0.2, 0.25) is 5.89 Å². The van der Waals surface area contributed by atoms with E-state index in [-0.39, 0.29) is 0 Å². The normalized spacial score (nSPS) is 10.7. The molecule has 0 bridgehead atoms. The van der Waals surface area contributed by atoms with Crippen LogP contribution < -0.4 is 10.5 Å². The lowest BCUT2D eigenvalue weighted by atomic mass is 10.0. The Labute approximate surface area is 107 Å². The summed E-state index contributed by atoms with van der Waals surface area (Å²) in [5.41, 5.74) is 9.53. The van der Waals surface area contributed by atoms with Crippen molar-refractivity contribution < 1.29 is 9.15 Å². The number of hydrogen-bond donors (Lipinski definition) is 1. The molecule has 0 fully saturated rings. The third-order valence-electron chi connectivity index (χ3n) is 2.83. The van der Waals surface area contributed by atoms with Gasteiger partial charge in [0.15, 0.2) is 0 Å². The second-order valence-electron chi connectivity index (χ2n) is 4.34. The first-order valence-corrected chi connectivity index (χ1v) is 5.95. The van der Waals surface area contributed by atoms with Crippen LogP contribution in [0.25, 0.3) is 11.5 Å². The van der Waals surface area contributed by atoms with Crippen LogP contribution in [0, 0.1) is 13.8 Å². The molecule has 0 aliphatic rings. The minimum absolute atomic E-state index is 0.565. The maximum atomic E-state index is 5.52. The average Bonchev–Trinajstić information content (AvgIpc) is 2.76. The van der Waals surface area contributed by atoms with E-state index in [4.69, 9.17) is 14.9 Å². The molecule has 0 amide bonds. The molecule has 2 N–H and O–H groups in total. The van der Waals surface area contributed by atoms with Gasteiger partial charge in [-0.3, -0.25) is 0 Å². The van der Waals surface area contributed by atoms with Gasteiger partial charge in [0.05, 0.1) is 18.4 Å². The van der Waals surface area contributed by atoms with E-state index in [1.807, 2.05) is 19.9 Å². The summed E-state index contributed by atoms with van der Waals surface area (Å²) in [5, 5.41) is 0. The summed E-state index contributed by atoms with van der Waals surface area (Å²) >= 11 is 0. The molecule has 4 nitrogen and oxygen atoms in total. The van der Waals surface area contributed by atoms with E-state index in [0.29, 0.717) is 12.4 Å². The van der Waals surface area contributed by atoms with Crippen molar-refractivity contribution in [2.45, 2.75) is 20.3 Å². The number of aromatic nitrogens is 1. The predicted molar refractivity (Wildman–Crippen MR) is 70.7 cm³/mol. The highest BCUT2D eigenvalue weighted by Crippen LogP contribution is 2.33. The summed E-state index contributed by atoms with van der Waals surface area (Å²) in [5.74, 6) is 1.38. The minimum atomic E-state index is 0.565. The number of ether oxygens (including phenoxy) is 1. The Bertz CT molecular complexity index is 547. The van der Waals surface area contributed by atoms with Gasteiger partial charge in [0, 0.05) is 6.42 Å². The molecule has 0 spiro atoms. The molecule has 2 aromatic rings. The van der Waals surface area contributed by atoms with Gasteiger partial charge in [0.25, 0.3) is 0 Å². The first-order chi connectivity index (χ1) is 8.65. The highest BCUT2D eigenvalue weighted by molar-refractivity contribution is 5.68. The van der Waals surface area contributed by atoms with E-state index in [0.717, 1.165) is 34.6 Å². The van der Waals surface area contributed by atoms with Crippen molar-refractivity contribution in [3.8, 4) is 17.2 Å². The number of aryl methyl sites for hydroxylation is 2. The van der Waals surface area contributed by atoms with Crippen LogP contribution in [0.1, 0.15) is 16.8 Å². The van der Waals surface area contributed by atoms with Crippen LogP contribution in [0.5, 0.6) is 5.75 Å². The number of benzene rings is 1. The van der Waals surface area contributed by atoms with E-state index in [1.165, 1.54) is 0 Å². The molecule has 1 aromatic carbocycles. The molecule has 0 aliphatic heterocycles. The van der Waals surface area contributed by atoms with E-state index in [1.54, 1.807) is 13.4 Å². The number of methoxy groups -OCH3 is 1. The zero-order valence-corrected chi connectivity index (χ0v) is 11.0. The fourth-order valence-electron chi connectivity index (χ4n) is 2.05. The Balaban J connectivity index is 2.48. The highest BCUT2D eigenvalue weighted by atomic mass is 16.5. The fraction of sp³-hybridized carbons (Fsp3) is 0.357. The summed E-state index contributed by atoms with van der Waals surface area (Å²) in [4.78, 5) is 4.44. The maximum Gasteiger partial charge on any atom is 0.230 e. The molecule has 2 rings (SSSR count). The summed E-state index contributed by atoms with van der Waals surface area (Å²) < 4.78 is 10.9. The number of oxazole rings is 1. The van der Waals surface area contributed by atoms with Crippen LogP contribution in [0.3, 0.4) is 0 Å². The van der Waals surface area contributed by atoms with Gasteiger partial charge < -0.3 is 14.9 Å². The van der Waals surface area contributed by atoms with Crippen LogP contribution in [0.4, 0.5) is 0 Å². The van der Waals surface area contributed by atoms with Gasteiger partial charge in [-0.1, -0.05) is 6.07 Å². The van der Waals surface area contributed by atoms with Crippen LogP contribution in [0.2, 0.25) is 0 Å². The number of rotatable bonds is 4. The van der Waals surface area contributed by atoms with E-state index < -0.39 is 0 Å². The fourth-order valence-corrected chi connectivity index (χ4v) is 2.05. The van der Waals surface area contributed by atoms with Crippen molar-refractivity contribution >= 4 is 0 Å². The van der Waals surface area contributed by atoms with Crippen molar-refractivity contribution in [3.05, 3.63) is 35.2 Å². The smallest absolute Gasteiger partial charge is 0.230 e. The second-order valence-corrected chi connectivity index (χ2v) is 4.34. The lowest BCUT2D eigenvalue weighted by Crippen LogP contribution is -2.02. The van der Waals surface area contributed by atoms with Crippen LogP contribution in [0.15, 0.2) is 22.8 Å². The molecule has 1 heterocycles. The Hall–Kier alpha value is -1.81. The van der Waals surface area contributed by atoms with Gasteiger partial charge in [-0.2, -0.15) is 0 Å². The number of nitrogens with two attached hydrogens (primary N) is 1. The molecule has 4 heteroatoms. The van der Waals surface area contributed by atoms with Crippen molar-refractivity contribution in [3.63, 3.8) is 0 Å². The number of nitrogens with zero attached hydrogens (tertiary/aromatic N) is 1. The summed E-state index contributed by atoms with van der Waals surface area (Å²) in [6.45, 7) is 4.63. The van der Waals surface area contributed by atoms with E-state index >= 15 is 0 Å². The van der Waals surface area contributed by atoms with Gasteiger partial charge in [-0.25, -0.2) is 4.98 Å². The summed E-state index contributed by atoms with van der Waals surface area (Å²) in [7, 11) is 1.65. The largest absolute Gasteiger partial charge is 0.496 e. The quantitative estimate of drug-likeness (QED) is 0.900. The van der Waals surface area contributed by atoms with Gasteiger partial charge in [-0.15, -0.1) is 0 Å². The minimum Gasteiger partial charge on any atom is -0.496 e. The monoisotopic (exact) mass is 246 g/mol. The Morgan fingerprint density at radius 3 is 2.78 bits per heavy atom. The second kappa shape index (κ2) is 5.23. The van der Waals surface area contributed by atoms with E-state index in [2.05, 4.69) is 11.1 Å². The SMILES string of the molecule is COc1cc(C)cc(C)c1-c1nc(CCN)co1. The Morgan fingerprint density at radius 2 is 2.11 bits per heavy atom. The average molecular weight is 246 g/mol. The molecule has 0 saturated carbocycles. The standard InChI is InChI=1S/C14H18N2O2/c1-9-6-10(2)13(12(7-9)17-3)14-16-11(4-5-15)8-18-14/h6-8H,4-5,15H2,1-3H3. The Kier molecular flexibility index (Phi) is 3.67. The molecule has 18 heavy (non-hydrogen) atoms. The molecular formula is C14H18N2O2.